The maximum atomic E-state index is 9.61. The Morgan fingerprint density at radius 2 is 1.12 bits per heavy atom. The molecule has 1 N–H and O–H groups in total. The van der Waals surface area contributed by atoms with Gasteiger partial charge in [0.15, 0.2) is 0 Å². The first-order valence-corrected chi connectivity index (χ1v) is 7.60. The molecule has 0 aliphatic rings. The maximum Gasteiger partial charge on any atom is 0.142 e. The molecule has 3 aromatic carbocycles. The zero-order chi connectivity index (χ0) is 16.9. The number of methoxy groups -OCH3 is 2. The molecule has 24 heavy (non-hydrogen) atoms. The van der Waals surface area contributed by atoms with Gasteiger partial charge in [0.1, 0.15) is 17.2 Å². The molecule has 0 amide bonds. The van der Waals surface area contributed by atoms with Gasteiger partial charge in [0.2, 0.25) is 0 Å². The number of ether oxygens (including phenoxy) is 2. The van der Waals surface area contributed by atoms with Crippen LogP contribution in [0.3, 0.4) is 0 Å². The van der Waals surface area contributed by atoms with Crippen molar-refractivity contribution in [2.45, 2.75) is 0 Å². The lowest BCUT2D eigenvalue weighted by Crippen LogP contribution is -2.12. The van der Waals surface area contributed by atoms with Gasteiger partial charge in [0.25, 0.3) is 0 Å². The van der Waals surface area contributed by atoms with Crippen LogP contribution in [0.2, 0.25) is 0 Å². The topological polar surface area (TPSA) is 41.9 Å². The van der Waals surface area contributed by atoms with Crippen molar-refractivity contribution in [3.05, 3.63) is 72.8 Å². The SMILES string of the molecule is COc1ccccc1N(c1ccc(O)cc1)c1ccccc1OC. The molecular weight excluding hydrogens is 302 g/mol. The van der Waals surface area contributed by atoms with Gasteiger partial charge >= 0.3 is 0 Å². The molecule has 3 aromatic rings. The van der Waals surface area contributed by atoms with E-state index in [1.807, 2.05) is 65.6 Å². The highest BCUT2D eigenvalue weighted by Crippen LogP contribution is 2.43. The summed E-state index contributed by atoms with van der Waals surface area (Å²) >= 11 is 0. The summed E-state index contributed by atoms with van der Waals surface area (Å²) in [4.78, 5) is 2.04. The van der Waals surface area contributed by atoms with Gasteiger partial charge in [-0.25, -0.2) is 0 Å². The zero-order valence-corrected chi connectivity index (χ0v) is 13.6. The summed E-state index contributed by atoms with van der Waals surface area (Å²) < 4.78 is 11.1. The average Bonchev–Trinajstić information content (AvgIpc) is 2.64. The van der Waals surface area contributed by atoms with E-state index in [4.69, 9.17) is 9.47 Å². The van der Waals surface area contributed by atoms with E-state index in [0.717, 1.165) is 28.6 Å². The van der Waals surface area contributed by atoms with Crippen LogP contribution in [0.4, 0.5) is 17.1 Å². The molecule has 3 rings (SSSR count). The molecule has 0 saturated heterocycles. The van der Waals surface area contributed by atoms with Gasteiger partial charge in [-0.1, -0.05) is 24.3 Å². The molecule has 4 nitrogen and oxygen atoms in total. The van der Waals surface area contributed by atoms with Crippen LogP contribution in [0.25, 0.3) is 0 Å². The molecule has 0 aromatic heterocycles. The summed E-state index contributed by atoms with van der Waals surface area (Å²) in [5.74, 6) is 1.71. The number of rotatable bonds is 5. The smallest absolute Gasteiger partial charge is 0.142 e. The van der Waals surface area contributed by atoms with E-state index in [1.165, 1.54) is 0 Å². The molecular formula is C20H19NO3. The predicted octanol–water partition coefficient (Wildman–Crippen LogP) is 4.88. The van der Waals surface area contributed by atoms with Crippen molar-refractivity contribution in [1.82, 2.24) is 0 Å². The first-order chi connectivity index (χ1) is 11.7. The largest absolute Gasteiger partial charge is 0.508 e. The van der Waals surface area contributed by atoms with E-state index in [2.05, 4.69) is 0 Å². The van der Waals surface area contributed by atoms with Gasteiger partial charge in [-0.3, -0.25) is 0 Å². The summed E-state index contributed by atoms with van der Waals surface area (Å²) in [6.45, 7) is 0. The Balaban J connectivity index is 2.23. The van der Waals surface area contributed by atoms with Crippen LogP contribution in [0, 0.1) is 0 Å². The number of para-hydroxylation sites is 4. The average molecular weight is 321 g/mol. The lowest BCUT2D eigenvalue weighted by molar-refractivity contribution is 0.412. The second-order valence-electron chi connectivity index (χ2n) is 5.20. The van der Waals surface area contributed by atoms with Crippen molar-refractivity contribution in [2.24, 2.45) is 0 Å². The van der Waals surface area contributed by atoms with Gasteiger partial charge in [-0.15, -0.1) is 0 Å². The summed E-state index contributed by atoms with van der Waals surface area (Å²) in [5, 5.41) is 9.61. The molecule has 0 radical (unpaired) electrons. The summed E-state index contributed by atoms with van der Waals surface area (Å²) in [5.41, 5.74) is 2.66. The van der Waals surface area contributed by atoms with Crippen molar-refractivity contribution in [1.29, 1.82) is 0 Å². The molecule has 0 atom stereocenters. The number of nitrogens with zero attached hydrogens (tertiary/aromatic N) is 1. The summed E-state index contributed by atoms with van der Waals surface area (Å²) in [6.07, 6.45) is 0. The maximum absolute atomic E-state index is 9.61. The van der Waals surface area contributed by atoms with Gasteiger partial charge in [0.05, 0.1) is 25.6 Å². The number of hydrogen-bond donors (Lipinski definition) is 1. The third kappa shape index (κ3) is 2.99. The molecule has 0 spiro atoms. The molecule has 4 heteroatoms. The Hall–Kier alpha value is -3.14. The first kappa shape index (κ1) is 15.7. The van der Waals surface area contributed by atoms with E-state index in [9.17, 15) is 5.11 Å². The Morgan fingerprint density at radius 1 is 0.667 bits per heavy atom. The van der Waals surface area contributed by atoms with E-state index < -0.39 is 0 Å². The number of aromatic hydroxyl groups is 1. The number of phenols is 1. The first-order valence-electron chi connectivity index (χ1n) is 7.60. The molecule has 0 unspecified atom stereocenters. The number of hydrogen-bond acceptors (Lipinski definition) is 4. The third-order valence-electron chi connectivity index (χ3n) is 3.76. The Bertz CT molecular complexity index is 768. The van der Waals surface area contributed by atoms with Crippen LogP contribution in [0.1, 0.15) is 0 Å². The second-order valence-corrected chi connectivity index (χ2v) is 5.20. The quantitative estimate of drug-likeness (QED) is 0.727. The van der Waals surface area contributed by atoms with Crippen molar-refractivity contribution in [3.63, 3.8) is 0 Å². The normalized spacial score (nSPS) is 10.2. The van der Waals surface area contributed by atoms with Gasteiger partial charge in [0, 0.05) is 5.69 Å². The predicted molar refractivity (Wildman–Crippen MR) is 95.9 cm³/mol. The highest BCUT2D eigenvalue weighted by atomic mass is 16.5. The van der Waals surface area contributed by atoms with Gasteiger partial charge in [-0.2, -0.15) is 0 Å². The molecule has 0 aliphatic carbocycles. The van der Waals surface area contributed by atoms with Crippen LogP contribution in [-0.2, 0) is 0 Å². The lowest BCUT2D eigenvalue weighted by atomic mass is 10.1. The molecule has 0 bridgehead atoms. The van der Waals surface area contributed by atoms with Gasteiger partial charge in [-0.05, 0) is 48.5 Å². The fourth-order valence-corrected chi connectivity index (χ4v) is 2.64. The minimum atomic E-state index is 0.221. The Labute approximate surface area is 141 Å². The van der Waals surface area contributed by atoms with E-state index in [0.29, 0.717) is 0 Å². The van der Waals surface area contributed by atoms with Crippen LogP contribution in [0.5, 0.6) is 17.2 Å². The third-order valence-corrected chi connectivity index (χ3v) is 3.76. The second kappa shape index (κ2) is 6.96. The van der Waals surface area contributed by atoms with E-state index in [-0.39, 0.29) is 5.75 Å². The zero-order valence-electron chi connectivity index (χ0n) is 13.6. The molecule has 0 fully saturated rings. The lowest BCUT2D eigenvalue weighted by Gasteiger charge is -2.28. The Kier molecular flexibility index (Phi) is 4.57. The monoisotopic (exact) mass is 321 g/mol. The van der Waals surface area contributed by atoms with E-state index in [1.54, 1.807) is 26.4 Å². The molecule has 0 heterocycles. The van der Waals surface area contributed by atoms with Crippen LogP contribution in [-0.4, -0.2) is 19.3 Å². The number of anilines is 3. The van der Waals surface area contributed by atoms with Gasteiger partial charge < -0.3 is 19.5 Å². The Morgan fingerprint density at radius 3 is 1.58 bits per heavy atom. The van der Waals surface area contributed by atoms with Crippen molar-refractivity contribution in [2.75, 3.05) is 19.1 Å². The van der Waals surface area contributed by atoms with E-state index >= 15 is 0 Å². The van der Waals surface area contributed by atoms with Crippen molar-refractivity contribution >= 4 is 17.1 Å². The fraction of sp³-hybridized carbons (Fsp3) is 0.100. The minimum absolute atomic E-state index is 0.221. The van der Waals surface area contributed by atoms with Crippen molar-refractivity contribution < 1.29 is 14.6 Å². The fourth-order valence-electron chi connectivity index (χ4n) is 2.64. The van der Waals surface area contributed by atoms with Crippen LogP contribution in [0.15, 0.2) is 72.8 Å². The van der Waals surface area contributed by atoms with Crippen LogP contribution < -0.4 is 14.4 Å². The molecule has 122 valence electrons. The highest BCUT2D eigenvalue weighted by Gasteiger charge is 2.19. The number of benzene rings is 3. The minimum Gasteiger partial charge on any atom is -0.508 e. The molecule has 0 saturated carbocycles. The standard InChI is InChI=1S/C20H19NO3/c1-23-19-9-5-3-7-17(19)21(15-11-13-16(22)14-12-15)18-8-4-6-10-20(18)24-2/h3-14,22H,1-2H3. The summed E-state index contributed by atoms with van der Waals surface area (Å²) in [6, 6.07) is 22.6. The van der Waals surface area contributed by atoms with Crippen molar-refractivity contribution in [3.8, 4) is 17.2 Å². The molecule has 0 aliphatic heterocycles. The summed E-state index contributed by atoms with van der Waals surface area (Å²) in [7, 11) is 3.30. The number of phenolic OH excluding ortho intramolecular Hbond substituents is 1. The van der Waals surface area contributed by atoms with Crippen LogP contribution >= 0.6 is 0 Å². The highest BCUT2D eigenvalue weighted by molar-refractivity contribution is 5.83.